The summed E-state index contributed by atoms with van der Waals surface area (Å²) in [5.74, 6) is 1.47. The van der Waals surface area contributed by atoms with Crippen LogP contribution < -0.4 is 0 Å². The average molecular weight is 262 g/mol. The number of aliphatic imine (C=N–C) groups is 2. The molecule has 4 nitrogen and oxygen atoms in total. The molecule has 0 aliphatic heterocycles. The number of hydrogen-bond donors (Lipinski definition) is 0. The number of hydrogen-bond acceptors (Lipinski definition) is 4. The third kappa shape index (κ3) is 3.40. The van der Waals surface area contributed by atoms with Crippen LogP contribution in [0.4, 0.5) is 0 Å². The van der Waals surface area contributed by atoms with Crippen LogP contribution in [0.2, 0.25) is 0 Å². The number of fused-ring (bicyclic) bond motifs is 2. The van der Waals surface area contributed by atoms with Gasteiger partial charge in [0.25, 0.3) is 0 Å². The third-order valence-electron chi connectivity index (χ3n) is 5.11. The predicted octanol–water partition coefficient (Wildman–Crippen LogP) is 3.02. The molecule has 2 aliphatic carbocycles. The summed E-state index contributed by atoms with van der Waals surface area (Å²) < 4.78 is 0. The maximum atomic E-state index is 10.3. The van der Waals surface area contributed by atoms with E-state index in [2.05, 4.69) is 9.98 Å². The topological polar surface area (TPSA) is 58.9 Å². The summed E-state index contributed by atoms with van der Waals surface area (Å²) in [6.07, 6.45) is 13.1. The minimum Gasteiger partial charge on any atom is -0.211 e. The number of carbonyl (C=O) groups excluding carboxylic acids is 2. The van der Waals surface area contributed by atoms with Crippen LogP contribution in [0.1, 0.15) is 51.4 Å². The molecule has 2 bridgehead atoms. The Hall–Kier alpha value is -1.24. The monoisotopic (exact) mass is 262 g/mol. The molecule has 3 unspecified atom stereocenters. The van der Waals surface area contributed by atoms with E-state index in [-0.39, 0.29) is 0 Å². The highest BCUT2D eigenvalue weighted by atomic mass is 16.1. The van der Waals surface area contributed by atoms with Crippen LogP contribution >= 0.6 is 0 Å². The van der Waals surface area contributed by atoms with Crippen molar-refractivity contribution in [2.24, 2.45) is 27.2 Å². The van der Waals surface area contributed by atoms with E-state index in [0.717, 1.165) is 18.8 Å². The fourth-order valence-electron chi connectivity index (χ4n) is 4.23. The van der Waals surface area contributed by atoms with Gasteiger partial charge in [0.2, 0.25) is 12.2 Å². The molecule has 0 aromatic heterocycles. The molecule has 19 heavy (non-hydrogen) atoms. The van der Waals surface area contributed by atoms with Gasteiger partial charge in [-0.2, -0.15) is 0 Å². The van der Waals surface area contributed by atoms with E-state index in [1.54, 1.807) is 12.2 Å². The molecule has 0 spiro atoms. The van der Waals surface area contributed by atoms with Gasteiger partial charge in [0, 0.05) is 0 Å². The molecule has 0 aromatic carbocycles. The van der Waals surface area contributed by atoms with Crippen molar-refractivity contribution in [2.75, 3.05) is 13.1 Å². The SMILES string of the molecule is O=C=NCCCCCC12CCC(CC1CN=C=O)C2. The Balaban J connectivity index is 1.78. The van der Waals surface area contributed by atoms with Crippen molar-refractivity contribution in [2.45, 2.75) is 51.4 Å². The Morgan fingerprint density at radius 2 is 1.95 bits per heavy atom. The van der Waals surface area contributed by atoms with Crippen LogP contribution in [-0.4, -0.2) is 25.2 Å². The molecule has 2 fully saturated rings. The Morgan fingerprint density at radius 1 is 1.11 bits per heavy atom. The fourth-order valence-corrected chi connectivity index (χ4v) is 4.23. The number of unbranched alkanes of at least 4 members (excludes halogenated alkanes) is 2. The van der Waals surface area contributed by atoms with Crippen LogP contribution in [0.3, 0.4) is 0 Å². The zero-order chi connectivity index (χ0) is 13.6. The number of rotatable bonds is 8. The maximum absolute atomic E-state index is 10.3. The smallest absolute Gasteiger partial charge is 0.211 e. The molecule has 0 amide bonds. The van der Waals surface area contributed by atoms with E-state index in [0.29, 0.717) is 24.4 Å². The summed E-state index contributed by atoms with van der Waals surface area (Å²) in [4.78, 5) is 27.7. The van der Waals surface area contributed by atoms with Crippen molar-refractivity contribution in [3.63, 3.8) is 0 Å². The second-order valence-corrected chi connectivity index (χ2v) is 6.12. The van der Waals surface area contributed by atoms with Crippen molar-refractivity contribution in [3.8, 4) is 0 Å². The lowest BCUT2D eigenvalue weighted by Gasteiger charge is -2.34. The molecule has 0 N–H and O–H groups in total. The molecular weight excluding hydrogens is 240 g/mol. The zero-order valence-electron chi connectivity index (χ0n) is 11.4. The quantitative estimate of drug-likeness (QED) is 0.383. The number of nitrogens with zero attached hydrogens (tertiary/aromatic N) is 2. The maximum Gasteiger partial charge on any atom is 0.234 e. The lowest BCUT2D eigenvalue weighted by Crippen LogP contribution is -2.27. The molecule has 2 saturated carbocycles. The van der Waals surface area contributed by atoms with Crippen molar-refractivity contribution >= 4 is 12.2 Å². The Labute approximate surface area is 114 Å². The van der Waals surface area contributed by atoms with Gasteiger partial charge in [0.1, 0.15) is 0 Å². The summed E-state index contributed by atoms with van der Waals surface area (Å²) in [6, 6.07) is 0. The van der Waals surface area contributed by atoms with E-state index in [4.69, 9.17) is 0 Å². The minimum absolute atomic E-state index is 0.443. The lowest BCUT2D eigenvalue weighted by atomic mass is 9.71. The van der Waals surface area contributed by atoms with Crippen molar-refractivity contribution < 1.29 is 9.59 Å². The molecule has 2 rings (SSSR count). The van der Waals surface area contributed by atoms with E-state index >= 15 is 0 Å². The van der Waals surface area contributed by atoms with Crippen LogP contribution in [0, 0.1) is 17.3 Å². The normalized spacial score (nSPS) is 31.8. The van der Waals surface area contributed by atoms with Gasteiger partial charge in [-0.1, -0.05) is 12.8 Å². The van der Waals surface area contributed by atoms with E-state index in [9.17, 15) is 9.59 Å². The number of isocyanates is 2. The van der Waals surface area contributed by atoms with E-state index in [1.807, 2.05) is 0 Å². The molecule has 104 valence electrons. The van der Waals surface area contributed by atoms with Gasteiger partial charge < -0.3 is 0 Å². The van der Waals surface area contributed by atoms with Crippen LogP contribution in [0.25, 0.3) is 0 Å². The van der Waals surface area contributed by atoms with Crippen molar-refractivity contribution in [3.05, 3.63) is 0 Å². The largest absolute Gasteiger partial charge is 0.234 e. The van der Waals surface area contributed by atoms with Gasteiger partial charge in [-0.15, -0.1) is 0 Å². The van der Waals surface area contributed by atoms with Crippen LogP contribution in [0.15, 0.2) is 9.98 Å². The van der Waals surface area contributed by atoms with Crippen LogP contribution in [0.5, 0.6) is 0 Å². The summed E-state index contributed by atoms with van der Waals surface area (Å²) in [5.41, 5.74) is 0.443. The van der Waals surface area contributed by atoms with Crippen LogP contribution in [-0.2, 0) is 9.59 Å². The standard InChI is InChI=1S/C15H22N2O2/c18-11-16-7-3-1-2-5-15-6-4-13(9-15)8-14(15)10-17-12-19/h13-14H,1-10H2. The second kappa shape index (κ2) is 6.79. The van der Waals surface area contributed by atoms with Gasteiger partial charge in [0.15, 0.2) is 0 Å². The fraction of sp³-hybridized carbons (Fsp3) is 0.867. The summed E-state index contributed by atoms with van der Waals surface area (Å²) in [6.45, 7) is 1.29. The lowest BCUT2D eigenvalue weighted by molar-refractivity contribution is 0.169. The molecular formula is C15H22N2O2. The van der Waals surface area contributed by atoms with Crippen molar-refractivity contribution in [1.82, 2.24) is 0 Å². The second-order valence-electron chi connectivity index (χ2n) is 6.12. The van der Waals surface area contributed by atoms with Gasteiger partial charge in [-0.25, -0.2) is 19.6 Å². The first kappa shape index (κ1) is 14.2. The first-order valence-corrected chi connectivity index (χ1v) is 7.38. The highest BCUT2D eigenvalue weighted by Crippen LogP contribution is 2.60. The van der Waals surface area contributed by atoms with Gasteiger partial charge in [-0.05, 0) is 55.8 Å². The van der Waals surface area contributed by atoms with Crippen molar-refractivity contribution in [1.29, 1.82) is 0 Å². The molecule has 0 radical (unpaired) electrons. The summed E-state index contributed by atoms with van der Waals surface area (Å²) in [5, 5.41) is 0. The Bertz CT molecular complexity index is 397. The third-order valence-corrected chi connectivity index (χ3v) is 5.11. The molecule has 4 heteroatoms. The van der Waals surface area contributed by atoms with Gasteiger partial charge in [-0.3, -0.25) is 0 Å². The average Bonchev–Trinajstić information content (AvgIpc) is 2.98. The van der Waals surface area contributed by atoms with E-state index in [1.165, 1.54) is 38.5 Å². The Kier molecular flexibility index (Phi) is 5.07. The zero-order valence-corrected chi connectivity index (χ0v) is 11.4. The minimum atomic E-state index is 0.443. The van der Waals surface area contributed by atoms with Gasteiger partial charge in [0.05, 0.1) is 13.1 Å². The first-order chi connectivity index (χ1) is 9.30. The highest BCUT2D eigenvalue weighted by molar-refractivity contribution is 5.33. The van der Waals surface area contributed by atoms with Gasteiger partial charge >= 0.3 is 0 Å². The molecule has 0 aromatic rings. The Morgan fingerprint density at radius 3 is 2.68 bits per heavy atom. The summed E-state index contributed by atoms with van der Waals surface area (Å²) in [7, 11) is 0. The molecule has 3 atom stereocenters. The molecule has 0 heterocycles. The summed E-state index contributed by atoms with van der Waals surface area (Å²) >= 11 is 0. The highest BCUT2D eigenvalue weighted by Gasteiger charge is 2.50. The predicted molar refractivity (Wildman–Crippen MR) is 72.3 cm³/mol. The molecule has 0 saturated heterocycles. The van der Waals surface area contributed by atoms with E-state index < -0.39 is 0 Å². The molecule has 2 aliphatic rings. The first-order valence-electron chi connectivity index (χ1n) is 7.38.